The van der Waals surface area contributed by atoms with Crippen molar-refractivity contribution in [2.75, 3.05) is 6.54 Å². The summed E-state index contributed by atoms with van der Waals surface area (Å²) in [5, 5.41) is 13.3. The van der Waals surface area contributed by atoms with E-state index in [0.29, 0.717) is 13.0 Å². The van der Waals surface area contributed by atoms with Crippen LogP contribution in [-0.2, 0) is 4.79 Å². The van der Waals surface area contributed by atoms with E-state index in [1.807, 2.05) is 0 Å². The number of rotatable bonds is 5. The molecule has 18 heavy (non-hydrogen) atoms. The Morgan fingerprint density at radius 3 is 2.89 bits per heavy atom. The normalized spacial score (nSPS) is 10.6. The quantitative estimate of drug-likeness (QED) is 0.496. The van der Waals surface area contributed by atoms with Crippen LogP contribution in [0.4, 0.5) is 10.1 Å². The maximum Gasteiger partial charge on any atom is 0.276 e. The topological polar surface area (TPSA) is 72.2 Å². The van der Waals surface area contributed by atoms with Crippen molar-refractivity contribution < 1.29 is 14.1 Å². The van der Waals surface area contributed by atoms with Crippen LogP contribution in [-0.4, -0.2) is 17.4 Å². The van der Waals surface area contributed by atoms with Crippen LogP contribution in [0.15, 0.2) is 24.3 Å². The number of carbonyl (C=O) groups excluding carboxylic acids is 1. The van der Waals surface area contributed by atoms with E-state index in [4.69, 9.17) is 0 Å². The highest BCUT2D eigenvalue weighted by atomic mass is 19.1. The van der Waals surface area contributed by atoms with Crippen LogP contribution in [0.5, 0.6) is 0 Å². The molecule has 0 saturated heterocycles. The van der Waals surface area contributed by atoms with Crippen LogP contribution in [0.2, 0.25) is 0 Å². The average molecular weight is 252 g/mol. The van der Waals surface area contributed by atoms with Crippen LogP contribution in [0.25, 0.3) is 6.08 Å². The largest absolute Gasteiger partial charge is 0.356 e. The average Bonchev–Trinajstić information content (AvgIpc) is 2.27. The third-order valence-electron chi connectivity index (χ3n) is 2.17. The lowest BCUT2D eigenvalue weighted by atomic mass is 10.1. The summed E-state index contributed by atoms with van der Waals surface area (Å²) in [4.78, 5) is 20.7. The Hall–Kier alpha value is -2.24. The number of benzene rings is 1. The molecule has 1 aromatic carbocycles. The van der Waals surface area contributed by atoms with Crippen LogP contribution in [0, 0.1) is 15.9 Å². The summed E-state index contributed by atoms with van der Waals surface area (Å²) < 4.78 is 13.0. The van der Waals surface area contributed by atoms with Gasteiger partial charge in [0.25, 0.3) is 5.69 Å². The van der Waals surface area contributed by atoms with E-state index in [0.717, 1.165) is 18.2 Å². The Morgan fingerprint density at radius 1 is 1.56 bits per heavy atom. The molecule has 0 unspecified atom stereocenters. The van der Waals surface area contributed by atoms with E-state index >= 15 is 0 Å². The molecule has 0 aliphatic heterocycles. The zero-order chi connectivity index (χ0) is 13.5. The minimum Gasteiger partial charge on any atom is -0.356 e. The van der Waals surface area contributed by atoms with E-state index in [9.17, 15) is 19.3 Å². The summed E-state index contributed by atoms with van der Waals surface area (Å²) in [5.74, 6) is -0.665. The van der Waals surface area contributed by atoms with Gasteiger partial charge in [-0.15, -0.1) is 0 Å². The van der Waals surface area contributed by atoms with E-state index in [1.54, 1.807) is 6.08 Å². The van der Waals surface area contributed by atoms with Gasteiger partial charge in [-0.25, -0.2) is 4.39 Å². The van der Waals surface area contributed by atoms with Gasteiger partial charge in [-0.3, -0.25) is 14.9 Å². The molecular weight excluding hydrogens is 239 g/mol. The molecule has 1 aromatic rings. The molecule has 0 radical (unpaired) electrons. The number of halogens is 1. The number of nitrogens with zero attached hydrogens (tertiary/aromatic N) is 1. The van der Waals surface area contributed by atoms with Crippen molar-refractivity contribution in [1.82, 2.24) is 5.32 Å². The molecule has 0 spiro atoms. The van der Waals surface area contributed by atoms with Crippen molar-refractivity contribution in [3.05, 3.63) is 45.8 Å². The van der Waals surface area contributed by atoms with Crippen LogP contribution in [0.1, 0.15) is 18.9 Å². The van der Waals surface area contributed by atoms with Gasteiger partial charge in [0.2, 0.25) is 5.91 Å². The Bertz CT molecular complexity index is 486. The highest BCUT2D eigenvalue weighted by Gasteiger charge is 2.11. The SMILES string of the molecule is CC(=O)NCCC=Cc1cc(F)ccc1[N+](=O)[O-]. The summed E-state index contributed by atoms with van der Waals surface area (Å²) in [6, 6.07) is 3.28. The number of hydrogen-bond donors (Lipinski definition) is 1. The van der Waals surface area contributed by atoms with E-state index in [1.165, 1.54) is 13.0 Å². The number of carbonyl (C=O) groups is 1. The molecule has 0 aromatic heterocycles. The molecule has 1 N–H and O–H groups in total. The number of nitro groups is 1. The van der Waals surface area contributed by atoms with Crippen LogP contribution in [0.3, 0.4) is 0 Å². The summed E-state index contributed by atoms with van der Waals surface area (Å²) in [5.41, 5.74) is 0.0648. The number of amides is 1. The van der Waals surface area contributed by atoms with E-state index in [2.05, 4.69) is 5.32 Å². The van der Waals surface area contributed by atoms with Gasteiger partial charge in [0, 0.05) is 19.5 Å². The first-order valence-corrected chi connectivity index (χ1v) is 5.35. The Morgan fingerprint density at radius 2 is 2.28 bits per heavy atom. The van der Waals surface area contributed by atoms with E-state index < -0.39 is 10.7 Å². The van der Waals surface area contributed by atoms with Gasteiger partial charge in [-0.1, -0.05) is 12.2 Å². The highest BCUT2D eigenvalue weighted by molar-refractivity contribution is 5.72. The highest BCUT2D eigenvalue weighted by Crippen LogP contribution is 2.20. The first kappa shape index (κ1) is 13.8. The molecule has 5 nitrogen and oxygen atoms in total. The standard InChI is InChI=1S/C12H13FN2O3/c1-9(16)14-7-3-2-4-10-8-11(13)5-6-12(10)15(17)18/h2,4-6,8H,3,7H2,1H3,(H,14,16). The number of hydrogen-bond acceptors (Lipinski definition) is 3. The molecule has 0 atom stereocenters. The Balaban J connectivity index is 2.70. The minimum absolute atomic E-state index is 0.139. The van der Waals surface area contributed by atoms with Gasteiger partial charge in [0.05, 0.1) is 10.5 Å². The molecular formula is C12H13FN2O3. The lowest BCUT2D eigenvalue weighted by Crippen LogP contribution is -2.20. The van der Waals surface area contributed by atoms with Crippen molar-refractivity contribution in [3.8, 4) is 0 Å². The first-order valence-electron chi connectivity index (χ1n) is 5.35. The van der Waals surface area contributed by atoms with Crippen molar-refractivity contribution in [2.45, 2.75) is 13.3 Å². The van der Waals surface area contributed by atoms with Gasteiger partial charge in [0.15, 0.2) is 0 Å². The fraction of sp³-hybridized carbons (Fsp3) is 0.250. The first-order chi connectivity index (χ1) is 8.50. The Kier molecular flexibility index (Phi) is 4.98. The monoisotopic (exact) mass is 252 g/mol. The van der Waals surface area contributed by atoms with Gasteiger partial charge in [-0.05, 0) is 18.6 Å². The van der Waals surface area contributed by atoms with Gasteiger partial charge >= 0.3 is 0 Å². The summed E-state index contributed by atoms with van der Waals surface area (Å²) >= 11 is 0. The third kappa shape index (κ3) is 4.32. The smallest absolute Gasteiger partial charge is 0.276 e. The second-order valence-corrected chi connectivity index (χ2v) is 3.63. The molecule has 0 fully saturated rings. The van der Waals surface area contributed by atoms with Gasteiger partial charge < -0.3 is 5.32 Å². The second kappa shape index (κ2) is 6.48. The molecule has 0 saturated carbocycles. The van der Waals surface area contributed by atoms with Crippen molar-refractivity contribution in [2.24, 2.45) is 0 Å². The number of nitro benzene ring substituents is 1. The molecule has 96 valence electrons. The maximum atomic E-state index is 13.0. The van der Waals surface area contributed by atoms with Crippen LogP contribution >= 0.6 is 0 Å². The predicted octanol–water partition coefficient (Wildman–Crippen LogP) is 2.27. The van der Waals surface area contributed by atoms with Crippen molar-refractivity contribution in [1.29, 1.82) is 0 Å². The third-order valence-corrected chi connectivity index (χ3v) is 2.17. The fourth-order valence-corrected chi connectivity index (χ4v) is 1.37. The zero-order valence-corrected chi connectivity index (χ0v) is 9.85. The van der Waals surface area contributed by atoms with Crippen molar-refractivity contribution in [3.63, 3.8) is 0 Å². The molecule has 0 bridgehead atoms. The molecule has 6 heteroatoms. The van der Waals surface area contributed by atoms with E-state index in [-0.39, 0.29) is 17.2 Å². The molecule has 0 heterocycles. The second-order valence-electron chi connectivity index (χ2n) is 3.63. The lowest BCUT2D eigenvalue weighted by molar-refractivity contribution is -0.385. The van der Waals surface area contributed by atoms with Gasteiger partial charge in [-0.2, -0.15) is 0 Å². The zero-order valence-electron chi connectivity index (χ0n) is 9.85. The molecule has 0 aliphatic rings. The predicted molar refractivity (Wildman–Crippen MR) is 65.4 cm³/mol. The van der Waals surface area contributed by atoms with Crippen molar-refractivity contribution >= 4 is 17.7 Å². The lowest BCUT2D eigenvalue weighted by Gasteiger charge is -1.99. The molecule has 1 amide bonds. The molecule has 1 rings (SSSR count). The minimum atomic E-state index is -0.563. The maximum absolute atomic E-state index is 13.0. The van der Waals surface area contributed by atoms with Crippen LogP contribution < -0.4 is 5.32 Å². The summed E-state index contributed by atoms with van der Waals surface area (Å²) in [6.07, 6.45) is 3.65. The fourth-order valence-electron chi connectivity index (χ4n) is 1.37. The number of nitrogens with one attached hydrogen (secondary N) is 1. The Labute approximate surface area is 103 Å². The van der Waals surface area contributed by atoms with Gasteiger partial charge in [0.1, 0.15) is 5.82 Å². The summed E-state index contributed by atoms with van der Waals surface area (Å²) in [7, 11) is 0. The molecule has 0 aliphatic carbocycles. The summed E-state index contributed by atoms with van der Waals surface area (Å²) in [6.45, 7) is 1.84.